The zero-order valence-corrected chi connectivity index (χ0v) is 10.9. The number of aromatic nitrogens is 1. The number of hydrogen-bond acceptors (Lipinski definition) is 3. The molecule has 0 aliphatic heterocycles. The zero-order valence-electron chi connectivity index (χ0n) is 10.2. The van der Waals surface area contributed by atoms with Crippen LogP contribution < -0.4 is 10.5 Å². The SMILES string of the molecule is CC1CCCC(COc2ncc(N)cc2Cl)C1. The fourth-order valence-corrected chi connectivity index (χ4v) is 2.68. The highest BCUT2D eigenvalue weighted by Gasteiger charge is 2.19. The van der Waals surface area contributed by atoms with Crippen molar-refractivity contribution in [2.75, 3.05) is 12.3 Å². The van der Waals surface area contributed by atoms with E-state index in [1.54, 1.807) is 12.3 Å². The van der Waals surface area contributed by atoms with E-state index in [1.807, 2.05) is 0 Å². The Hall–Kier alpha value is -0.960. The number of halogens is 1. The van der Waals surface area contributed by atoms with Crippen LogP contribution in [0, 0.1) is 11.8 Å². The molecule has 1 aromatic heterocycles. The van der Waals surface area contributed by atoms with Gasteiger partial charge in [0, 0.05) is 0 Å². The summed E-state index contributed by atoms with van der Waals surface area (Å²) in [6, 6.07) is 1.67. The molecule has 2 rings (SSSR count). The second kappa shape index (κ2) is 5.58. The van der Waals surface area contributed by atoms with Gasteiger partial charge in [-0.2, -0.15) is 0 Å². The first kappa shape index (κ1) is 12.5. The molecule has 0 amide bonds. The van der Waals surface area contributed by atoms with Crippen molar-refractivity contribution >= 4 is 17.3 Å². The van der Waals surface area contributed by atoms with Crippen LogP contribution in [0.15, 0.2) is 12.3 Å². The van der Waals surface area contributed by atoms with Gasteiger partial charge in [-0.1, -0.05) is 31.4 Å². The van der Waals surface area contributed by atoms with E-state index in [9.17, 15) is 0 Å². The summed E-state index contributed by atoms with van der Waals surface area (Å²) in [7, 11) is 0. The van der Waals surface area contributed by atoms with Crippen molar-refractivity contribution < 1.29 is 4.74 Å². The van der Waals surface area contributed by atoms with Crippen LogP contribution in [0.3, 0.4) is 0 Å². The number of hydrogen-bond donors (Lipinski definition) is 1. The van der Waals surface area contributed by atoms with Crippen LogP contribution in [0.25, 0.3) is 0 Å². The van der Waals surface area contributed by atoms with Crippen LogP contribution in [0.2, 0.25) is 5.02 Å². The number of rotatable bonds is 3. The lowest BCUT2D eigenvalue weighted by Gasteiger charge is -2.26. The molecule has 0 saturated heterocycles. The zero-order chi connectivity index (χ0) is 12.3. The predicted molar refractivity (Wildman–Crippen MR) is 70.3 cm³/mol. The lowest BCUT2D eigenvalue weighted by Crippen LogP contribution is -2.20. The van der Waals surface area contributed by atoms with E-state index in [0.29, 0.717) is 29.1 Å². The normalized spacial score (nSPS) is 24.6. The minimum Gasteiger partial charge on any atom is -0.476 e. The molecule has 1 aromatic rings. The van der Waals surface area contributed by atoms with Crippen LogP contribution in [0.5, 0.6) is 5.88 Å². The summed E-state index contributed by atoms with van der Waals surface area (Å²) in [4.78, 5) is 4.10. The molecule has 0 radical (unpaired) electrons. The quantitative estimate of drug-likeness (QED) is 0.898. The first-order valence-electron chi connectivity index (χ1n) is 6.19. The van der Waals surface area contributed by atoms with Gasteiger partial charge < -0.3 is 10.5 Å². The minimum atomic E-state index is 0.494. The van der Waals surface area contributed by atoms with E-state index in [0.717, 1.165) is 5.92 Å². The highest BCUT2D eigenvalue weighted by Crippen LogP contribution is 2.30. The topological polar surface area (TPSA) is 48.1 Å². The summed E-state index contributed by atoms with van der Waals surface area (Å²) in [6.45, 7) is 3.02. The Kier molecular flexibility index (Phi) is 4.11. The highest BCUT2D eigenvalue weighted by atomic mass is 35.5. The average Bonchev–Trinajstić information content (AvgIpc) is 2.28. The van der Waals surface area contributed by atoms with E-state index in [-0.39, 0.29) is 0 Å². The van der Waals surface area contributed by atoms with Crippen LogP contribution in [0.1, 0.15) is 32.6 Å². The predicted octanol–water partition coefficient (Wildman–Crippen LogP) is 3.52. The fourth-order valence-electron chi connectivity index (χ4n) is 2.45. The molecule has 2 unspecified atom stereocenters. The van der Waals surface area contributed by atoms with Gasteiger partial charge in [0.25, 0.3) is 0 Å². The lowest BCUT2D eigenvalue weighted by molar-refractivity contribution is 0.178. The molecule has 2 N–H and O–H groups in total. The largest absolute Gasteiger partial charge is 0.476 e. The molecule has 1 fully saturated rings. The van der Waals surface area contributed by atoms with Crippen LogP contribution in [-0.4, -0.2) is 11.6 Å². The van der Waals surface area contributed by atoms with Crippen molar-refractivity contribution in [1.82, 2.24) is 4.98 Å². The number of anilines is 1. The summed E-state index contributed by atoms with van der Waals surface area (Å²) < 4.78 is 5.68. The van der Waals surface area contributed by atoms with Gasteiger partial charge in [-0.05, 0) is 30.7 Å². The number of pyridine rings is 1. The molecule has 17 heavy (non-hydrogen) atoms. The number of ether oxygens (including phenoxy) is 1. The minimum absolute atomic E-state index is 0.494. The van der Waals surface area contributed by atoms with Crippen LogP contribution >= 0.6 is 11.6 Å². The summed E-state index contributed by atoms with van der Waals surface area (Å²) in [5, 5.41) is 0.494. The fraction of sp³-hybridized carbons (Fsp3) is 0.615. The molecule has 1 aliphatic rings. The first-order valence-corrected chi connectivity index (χ1v) is 6.56. The monoisotopic (exact) mass is 254 g/mol. The molecule has 1 aliphatic carbocycles. The molecule has 0 spiro atoms. The van der Waals surface area contributed by atoms with Crippen molar-refractivity contribution in [1.29, 1.82) is 0 Å². The summed E-state index contributed by atoms with van der Waals surface area (Å²) in [6.07, 6.45) is 6.71. The smallest absolute Gasteiger partial charge is 0.232 e. The van der Waals surface area contributed by atoms with Gasteiger partial charge in [0.05, 0.1) is 18.5 Å². The van der Waals surface area contributed by atoms with Gasteiger partial charge in [0.2, 0.25) is 5.88 Å². The lowest BCUT2D eigenvalue weighted by atomic mass is 9.83. The van der Waals surface area contributed by atoms with Gasteiger partial charge in [0.15, 0.2) is 0 Å². The maximum absolute atomic E-state index is 6.01. The maximum atomic E-state index is 6.01. The Morgan fingerprint density at radius 1 is 1.53 bits per heavy atom. The van der Waals surface area contributed by atoms with Crippen molar-refractivity contribution in [2.24, 2.45) is 11.8 Å². The first-order chi connectivity index (χ1) is 8.15. The van der Waals surface area contributed by atoms with Crippen molar-refractivity contribution in [3.8, 4) is 5.88 Å². The van der Waals surface area contributed by atoms with E-state index in [2.05, 4.69) is 11.9 Å². The molecular formula is C13H19ClN2O. The Labute approximate surface area is 107 Å². The van der Waals surface area contributed by atoms with Crippen LogP contribution in [-0.2, 0) is 0 Å². The van der Waals surface area contributed by atoms with Gasteiger partial charge in [-0.3, -0.25) is 0 Å². The van der Waals surface area contributed by atoms with Gasteiger partial charge in [-0.15, -0.1) is 0 Å². The molecule has 3 nitrogen and oxygen atoms in total. The van der Waals surface area contributed by atoms with Crippen molar-refractivity contribution in [3.05, 3.63) is 17.3 Å². The third-order valence-electron chi connectivity index (χ3n) is 3.33. The Bertz CT molecular complexity index is 384. The van der Waals surface area contributed by atoms with E-state index in [1.165, 1.54) is 25.7 Å². The Morgan fingerprint density at radius 2 is 2.35 bits per heavy atom. The average molecular weight is 255 g/mol. The Balaban J connectivity index is 1.88. The molecule has 2 atom stereocenters. The molecule has 1 heterocycles. The molecule has 94 valence electrons. The summed E-state index contributed by atoms with van der Waals surface area (Å²) in [5.41, 5.74) is 6.15. The van der Waals surface area contributed by atoms with Crippen molar-refractivity contribution in [3.63, 3.8) is 0 Å². The maximum Gasteiger partial charge on any atom is 0.232 e. The second-order valence-electron chi connectivity index (χ2n) is 5.00. The van der Waals surface area contributed by atoms with Gasteiger partial charge in [0.1, 0.15) is 5.02 Å². The number of nitrogens with two attached hydrogens (primary N) is 1. The molecule has 1 saturated carbocycles. The van der Waals surface area contributed by atoms with E-state index >= 15 is 0 Å². The van der Waals surface area contributed by atoms with Crippen LogP contribution in [0.4, 0.5) is 5.69 Å². The van der Waals surface area contributed by atoms with E-state index in [4.69, 9.17) is 22.1 Å². The molecular weight excluding hydrogens is 236 g/mol. The second-order valence-corrected chi connectivity index (χ2v) is 5.41. The molecule has 4 heteroatoms. The number of nitrogen functional groups attached to an aromatic ring is 1. The van der Waals surface area contributed by atoms with Gasteiger partial charge in [-0.25, -0.2) is 4.98 Å². The highest BCUT2D eigenvalue weighted by molar-refractivity contribution is 6.32. The third-order valence-corrected chi connectivity index (χ3v) is 3.60. The standard InChI is InChI=1S/C13H19ClN2O/c1-9-3-2-4-10(5-9)8-17-13-12(14)6-11(15)7-16-13/h6-7,9-10H,2-5,8,15H2,1H3. The van der Waals surface area contributed by atoms with Gasteiger partial charge >= 0.3 is 0 Å². The summed E-state index contributed by atoms with van der Waals surface area (Å²) >= 11 is 6.01. The molecule has 0 aromatic carbocycles. The summed E-state index contributed by atoms with van der Waals surface area (Å²) in [5.74, 6) is 1.94. The van der Waals surface area contributed by atoms with E-state index < -0.39 is 0 Å². The molecule has 0 bridgehead atoms. The third kappa shape index (κ3) is 3.50. The Morgan fingerprint density at radius 3 is 3.06 bits per heavy atom. The van der Waals surface area contributed by atoms with Crippen molar-refractivity contribution in [2.45, 2.75) is 32.6 Å². The number of nitrogens with zero attached hydrogens (tertiary/aromatic N) is 1.